The fraction of sp³-hybridized carbons (Fsp3) is 0.125. The smallest absolute Gasteiger partial charge is 0.199 e. The molecule has 5 nitrogen and oxygen atoms in total. The first-order valence-electron chi connectivity index (χ1n) is 6.71. The molecule has 2 N–H and O–H groups in total. The molecular weight excluding hydrogens is 300 g/mol. The van der Waals surface area contributed by atoms with Gasteiger partial charge in [0.05, 0.1) is 4.88 Å². The number of hydrogen-bond donors (Lipinski definition) is 2. The van der Waals surface area contributed by atoms with Crippen LogP contribution in [0.4, 0.5) is 0 Å². The van der Waals surface area contributed by atoms with Crippen LogP contribution in [-0.4, -0.2) is 19.8 Å². The predicted molar refractivity (Wildman–Crippen MR) is 82.9 cm³/mol. The Morgan fingerprint density at radius 3 is 2.32 bits per heavy atom. The van der Waals surface area contributed by atoms with Gasteiger partial charge in [-0.3, -0.25) is 0 Å². The Kier molecular flexibility index (Phi) is 4.43. The van der Waals surface area contributed by atoms with Gasteiger partial charge in [-0.25, -0.2) is 0 Å². The maximum atomic E-state index is 9.22. The highest BCUT2D eigenvalue weighted by atomic mass is 32.1. The Labute approximate surface area is 131 Å². The zero-order chi connectivity index (χ0) is 15.4. The van der Waals surface area contributed by atoms with Crippen molar-refractivity contribution in [2.24, 2.45) is 0 Å². The molecule has 0 aliphatic carbocycles. The summed E-state index contributed by atoms with van der Waals surface area (Å²) >= 11 is 1.17. The lowest BCUT2D eigenvalue weighted by molar-refractivity contribution is -0.0463. The van der Waals surface area contributed by atoms with E-state index >= 15 is 0 Å². The molecule has 1 aromatic heterocycles. The zero-order valence-corrected chi connectivity index (χ0v) is 12.4. The van der Waals surface area contributed by atoms with Gasteiger partial charge in [0.2, 0.25) is 0 Å². The highest BCUT2D eigenvalue weighted by molar-refractivity contribution is 7.05. The maximum Gasteiger partial charge on any atom is 0.199 e. The number of aromatic nitrogens is 2. The van der Waals surface area contributed by atoms with Crippen molar-refractivity contribution >= 4 is 11.5 Å². The standard InChI is InChI=1S/C16H14N2O3S/c19-16(20)15-14(22-18-17-15)10-11-6-8-13(9-7-11)21-12-4-2-1-3-5-12/h1-9,16,19-20H,10H2. The fourth-order valence-electron chi connectivity index (χ4n) is 2.02. The highest BCUT2D eigenvalue weighted by Crippen LogP contribution is 2.24. The molecule has 0 saturated carbocycles. The van der Waals surface area contributed by atoms with E-state index in [1.165, 1.54) is 11.5 Å². The number of aliphatic hydroxyl groups excluding tert-OH is 1. The number of hydrogen-bond acceptors (Lipinski definition) is 6. The highest BCUT2D eigenvalue weighted by Gasteiger charge is 2.14. The van der Waals surface area contributed by atoms with Crippen molar-refractivity contribution in [3.8, 4) is 11.5 Å². The second-order valence-electron chi connectivity index (χ2n) is 4.69. The lowest BCUT2D eigenvalue weighted by atomic mass is 10.1. The molecule has 3 rings (SSSR count). The molecule has 3 aromatic rings. The van der Waals surface area contributed by atoms with Crippen LogP contribution in [0.2, 0.25) is 0 Å². The number of benzene rings is 2. The van der Waals surface area contributed by atoms with Crippen molar-refractivity contribution in [3.63, 3.8) is 0 Å². The Bertz CT molecular complexity index is 727. The van der Waals surface area contributed by atoms with Crippen molar-refractivity contribution in [2.45, 2.75) is 12.7 Å². The van der Waals surface area contributed by atoms with Crippen molar-refractivity contribution < 1.29 is 14.9 Å². The molecule has 0 fully saturated rings. The van der Waals surface area contributed by atoms with E-state index in [1.54, 1.807) is 0 Å². The molecule has 0 unspecified atom stereocenters. The Morgan fingerprint density at radius 2 is 1.64 bits per heavy atom. The second-order valence-corrected chi connectivity index (χ2v) is 5.53. The molecule has 0 amide bonds. The van der Waals surface area contributed by atoms with E-state index in [0.717, 1.165) is 21.9 Å². The minimum Gasteiger partial charge on any atom is -0.457 e. The molecule has 0 bridgehead atoms. The normalized spacial score (nSPS) is 10.9. The van der Waals surface area contributed by atoms with Gasteiger partial charge < -0.3 is 14.9 Å². The van der Waals surface area contributed by atoms with Crippen LogP contribution in [0.15, 0.2) is 54.6 Å². The van der Waals surface area contributed by atoms with Gasteiger partial charge in [-0.2, -0.15) is 0 Å². The van der Waals surface area contributed by atoms with Crippen LogP contribution in [0.1, 0.15) is 22.4 Å². The number of aliphatic hydroxyl groups is 2. The predicted octanol–water partition coefficient (Wildman–Crippen LogP) is 2.90. The quantitative estimate of drug-likeness (QED) is 0.708. The third-order valence-corrected chi connectivity index (χ3v) is 3.83. The summed E-state index contributed by atoms with van der Waals surface area (Å²) < 4.78 is 9.49. The van der Waals surface area contributed by atoms with E-state index in [1.807, 2.05) is 54.6 Å². The SMILES string of the molecule is OC(O)c1nnsc1Cc1ccc(Oc2ccccc2)cc1. The first-order chi connectivity index (χ1) is 10.7. The van der Waals surface area contributed by atoms with Crippen LogP contribution in [0.3, 0.4) is 0 Å². The second kappa shape index (κ2) is 6.65. The molecule has 0 radical (unpaired) electrons. The summed E-state index contributed by atoms with van der Waals surface area (Å²) in [5.41, 5.74) is 1.24. The lowest BCUT2D eigenvalue weighted by Crippen LogP contribution is -2.00. The van der Waals surface area contributed by atoms with Crippen molar-refractivity contribution in [2.75, 3.05) is 0 Å². The van der Waals surface area contributed by atoms with Gasteiger partial charge in [-0.05, 0) is 41.4 Å². The zero-order valence-electron chi connectivity index (χ0n) is 11.6. The summed E-state index contributed by atoms with van der Waals surface area (Å²) in [5.74, 6) is 1.53. The van der Waals surface area contributed by atoms with Crippen LogP contribution in [0.25, 0.3) is 0 Å². The Morgan fingerprint density at radius 1 is 0.955 bits per heavy atom. The molecule has 0 saturated heterocycles. The van der Waals surface area contributed by atoms with E-state index in [4.69, 9.17) is 4.74 Å². The van der Waals surface area contributed by atoms with Crippen molar-refractivity contribution in [1.29, 1.82) is 0 Å². The summed E-state index contributed by atoms with van der Waals surface area (Å²) in [6, 6.07) is 17.2. The third kappa shape index (κ3) is 3.48. The van der Waals surface area contributed by atoms with Gasteiger partial charge in [0.1, 0.15) is 17.2 Å². The van der Waals surface area contributed by atoms with Crippen LogP contribution in [0, 0.1) is 0 Å². The number of para-hydroxylation sites is 1. The molecule has 6 heteroatoms. The summed E-state index contributed by atoms with van der Waals surface area (Å²) in [5, 5.41) is 22.2. The summed E-state index contributed by atoms with van der Waals surface area (Å²) in [6.07, 6.45) is -1.04. The fourth-order valence-corrected chi connectivity index (χ4v) is 2.72. The van der Waals surface area contributed by atoms with Crippen molar-refractivity contribution in [1.82, 2.24) is 9.59 Å². The first-order valence-corrected chi connectivity index (χ1v) is 7.49. The lowest BCUT2D eigenvalue weighted by Gasteiger charge is -2.07. The van der Waals surface area contributed by atoms with Crippen LogP contribution >= 0.6 is 11.5 Å². The van der Waals surface area contributed by atoms with E-state index in [2.05, 4.69) is 9.59 Å². The Balaban J connectivity index is 1.70. The van der Waals surface area contributed by atoms with E-state index in [9.17, 15) is 10.2 Å². The largest absolute Gasteiger partial charge is 0.457 e. The molecule has 22 heavy (non-hydrogen) atoms. The average Bonchev–Trinajstić information content (AvgIpc) is 2.99. The van der Waals surface area contributed by atoms with Crippen LogP contribution < -0.4 is 4.74 Å². The van der Waals surface area contributed by atoms with E-state index in [0.29, 0.717) is 6.42 Å². The van der Waals surface area contributed by atoms with Gasteiger partial charge in [0.25, 0.3) is 0 Å². The Hall–Kier alpha value is -2.28. The van der Waals surface area contributed by atoms with Gasteiger partial charge in [-0.15, -0.1) is 5.10 Å². The molecule has 0 aliphatic heterocycles. The topological polar surface area (TPSA) is 75.5 Å². The van der Waals surface area contributed by atoms with E-state index in [-0.39, 0.29) is 5.69 Å². The van der Waals surface area contributed by atoms with Gasteiger partial charge in [0.15, 0.2) is 6.29 Å². The van der Waals surface area contributed by atoms with Gasteiger partial charge in [0, 0.05) is 6.42 Å². The minimum absolute atomic E-state index is 0.217. The summed E-state index contributed by atoms with van der Waals surface area (Å²) in [7, 11) is 0. The number of ether oxygens (including phenoxy) is 1. The molecule has 0 atom stereocenters. The van der Waals surface area contributed by atoms with E-state index < -0.39 is 6.29 Å². The third-order valence-electron chi connectivity index (χ3n) is 3.10. The molecule has 112 valence electrons. The number of rotatable bonds is 5. The summed E-state index contributed by atoms with van der Waals surface area (Å²) in [6.45, 7) is 0. The molecule has 0 spiro atoms. The first kappa shape index (κ1) is 14.6. The molecule has 1 heterocycles. The molecular formula is C16H14N2O3S. The average molecular weight is 314 g/mol. The van der Waals surface area contributed by atoms with Gasteiger partial charge in [-0.1, -0.05) is 34.8 Å². The monoisotopic (exact) mass is 314 g/mol. The van der Waals surface area contributed by atoms with Gasteiger partial charge >= 0.3 is 0 Å². The molecule has 0 aliphatic rings. The maximum absolute atomic E-state index is 9.22. The van der Waals surface area contributed by atoms with Crippen LogP contribution in [0.5, 0.6) is 11.5 Å². The van der Waals surface area contributed by atoms with Crippen LogP contribution in [-0.2, 0) is 6.42 Å². The van der Waals surface area contributed by atoms with Crippen molar-refractivity contribution in [3.05, 3.63) is 70.7 Å². The number of nitrogens with zero attached hydrogens (tertiary/aromatic N) is 2. The molecule has 2 aromatic carbocycles. The minimum atomic E-state index is -1.59. The summed E-state index contributed by atoms with van der Waals surface area (Å²) in [4.78, 5) is 0.742.